The van der Waals surface area contributed by atoms with Crippen molar-refractivity contribution in [2.24, 2.45) is 0 Å². The Morgan fingerprint density at radius 1 is 0.839 bits per heavy atom. The van der Waals surface area contributed by atoms with Crippen LogP contribution in [-0.4, -0.2) is 72.1 Å². The lowest BCUT2D eigenvalue weighted by Gasteiger charge is -2.34. The third-order valence-corrected chi connectivity index (χ3v) is 4.85. The SMILES string of the molecule is Oc1cc(O)c2cc(OC3OC[C@@H](O)[C@@H](O)[C@@H]3O)c(-c3cc(O)c(O)c(O)c3)[o+]c2c1. The molecule has 1 aliphatic heterocycles. The minimum atomic E-state index is -1.64. The zero-order valence-corrected chi connectivity index (χ0v) is 15.7. The molecule has 0 aliphatic carbocycles. The van der Waals surface area contributed by atoms with Crippen molar-refractivity contribution in [2.45, 2.75) is 24.6 Å². The lowest BCUT2D eigenvalue weighted by atomic mass is 10.1. The van der Waals surface area contributed by atoms with Gasteiger partial charge in [-0.05, 0) is 0 Å². The first-order valence-electron chi connectivity index (χ1n) is 9.06. The van der Waals surface area contributed by atoms with Crippen molar-refractivity contribution in [3.8, 4) is 45.8 Å². The number of hydrogen-bond acceptors (Lipinski definition) is 10. The van der Waals surface area contributed by atoms with Gasteiger partial charge in [0.05, 0.1) is 18.2 Å². The first-order chi connectivity index (χ1) is 14.7. The smallest absolute Gasteiger partial charge is 0.402 e. The molecule has 164 valence electrons. The van der Waals surface area contributed by atoms with Gasteiger partial charge in [0.25, 0.3) is 0 Å². The zero-order valence-electron chi connectivity index (χ0n) is 15.7. The Morgan fingerprint density at radius 2 is 1.52 bits per heavy atom. The van der Waals surface area contributed by atoms with Crippen LogP contribution in [0.15, 0.2) is 34.7 Å². The summed E-state index contributed by atoms with van der Waals surface area (Å²) < 4.78 is 16.6. The Hall–Kier alpha value is -3.51. The molecular formula is C20H19O11+. The second kappa shape index (κ2) is 7.63. The Balaban J connectivity index is 1.87. The Bertz CT molecular complexity index is 1120. The van der Waals surface area contributed by atoms with E-state index in [1.54, 1.807) is 0 Å². The van der Waals surface area contributed by atoms with Crippen LogP contribution < -0.4 is 4.74 Å². The van der Waals surface area contributed by atoms with Crippen LogP contribution in [0.1, 0.15) is 0 Å². The van der Waals surface area contributed by atoms with E-state index in [1.165, 1.54) is 12.1 Å². The van der Waals surface area contributed by atoms with Gasteiger partial charge in [-0.3, -0.25) is 0 Å². The van der Waals surface area contributed by atoms with E-state index in [4.69, 9.17) is 13.9 Å². The average Bonchev–Trinajstić information content (AvgIpc) is 2.72. The molecule has 1 fully saturated rings. The second-order valence-electron chi connectivity index (χ2n) is 7.05. The van der Waals surface area contributed by atoms with Crippen LogP contribution in [0.3, 0.4) is 0 Å². The molecule has 1 saturated heterocycles. The molecule has 11 heteroatoms. The number of aliphatic hydroxyl groups is 3. The van der Waals surface area contributed by atoms with Gasteiger partial charge < -0.3 is 50.3 Å². The highest BCUT2D eigenvalue weighted by Gasteiger charge is 2.40. The van der Waals surface area contributed by atoms with Crippen LogP contribution in [0.2, 0.25) is 0 Å². The number of hydrogen-bond donors (Lipinski definition) is 8. The zero-order chi connectivity index (χ0) is 22.4. The topological polar surface area (TPSA) is 192 Å². The fourth-order valence-corrected chi connectivity index (χ4v) is 3.22. The first-order valence-corrected chi connectivity index (χ1v) is 9.06. The number of phenols is 5. The molecule has 31 heavy (non-hydrogen) atoms. The van der Waals surface area contributed by atoms with Gasteiger partial charge in [0.1, 0.15) is 35.2 Å². The van der Waals surface area contributed by atoms with E-state index < -0.39 is 41.9 Å². The van der Waals surface area contributed by atoms with Crippen LogP contribution in [0.25, 0.3) is 22.3 Å². The normalized spacial score (nSPS) is 23.7. The number of rotatable bonds is 3. The Morgan fingerprint density at radius 3 is 2.19 bits per heavy atom. The summed E-state index contributed by atoms with van der Waals surface area (Å²) in [4.78, 5) is 0. The summed E-state index contributed by atoms with van der Waals surface area (Å²) in [5.41, 5.74) is 0.0332. The fraction of sp³-hybridized carbons (Fsp3) is 0.250. The van der Waals surface area contributed by atoms with E-state index in [-0.39, 0.29) is 46.1 Å². The minimum Gasteiger partial charge on any atom is -0.507 e. The summed E-state index contributed by atoms with van der Waals surface area (Å²) in [7, 11) is 0. The van der Waals surface area contributed by atoms with Crippen LogP contribution in [-0.2, 0) is 4.74 Å². The predicted octanol–water partition coefficient (Wildman–Crippen LogP) is 0.727. The van der Waals surface area contributed by atoms with Gasteiger partial charge in [0, 0.05) is 24.3 Å². The number of benzene rings is 2. The van der Waals surface area contributed by atoms with E-state index in [1.807, 2.05) is 0 Å². The van der Waals surface area contributed by atoms with Gasteiger partial charge in [-0.1, -0.05) is 0 Å². The molecule has 8 N–H and O–H groups in total. The molecule has 4 rings (SSSR count). The molecule has 11 nitrogen and oxygen atoms in total. The largest absolute Gasteiger partial charge is 0.507 e. The molecule has 2 heterocycles. The fourth-order valence-electron chi connectivity index (χ4n) is 3.22. The molecule has 1 aromatic heterocycles. The molecule has 4 atom stereocenters. The van der Waals surface area contributed by atoms with Gasteiger partial charge >= 0.3 is 11.3 Å². The van der Waals surface area contributed by atoms with Crippen LogP contribution in [0, 0.1) is 0 Å². The Kier molecular flexibility index (Phi) is 5.11. The summed E-state index contributed by atoms with van der Waals surface area (Å²) in [6.45, 7) is -0.330. The molecule has 2 aromatic carbocycles. The third-order valence-electron chi connectivity index (χ3n) is 4.85. The summed E-state index contributed by atoms with van der Waals surface area (Å²) in [5.74, 6) is -3.03. The summed E-state index contributed by atoms with van der Waals surface area (Å²) >= 11 is 0. The van der Waals surface area contributed by atoms with Crippen molar-refractivity contribution in [1.29, 1.82) is 0 Å². The molecule has 0 bridgehead atoms. The maximum absolute atomic E-state index is 10.2. The summed E-state index contributed by atoms with van der Waals surface area (Å²) in [5, 5.41) is 79.0. The molecule has 0 saturated carbocycles. The van der Waals surface area contributed by atoms with Crippen molar-refractivity contribution in [3.63, 3.8) is 0 Å². The molecule has 1 unspecified atom stereocenters. The third kappa shape index (κ3) is 3.70. The second-order valence-corrected chi connectivity index (χ2v) is 7.05. The molecule has 3 aromatic rings. The van der Waals surface area contributed by atoms with E-state index in [0.717, 1.165) is 18.2 Å². The monoisotopic (exact) mass is 435 g/mol. The highest BCUT2D eigenvalue weighted by Crippen LogP contribution is 2.44. The highest BCUT2D eigenvalue weighted by atomic mass is 16.7. The van der Waals surface area contributed by atoms with Gasteiger partial charge in [-0.2, -0.15) is 0 Å². The molecular weight excluding hydrogens is 416 g/mol. The highest BCUT2D eigenvalue weighted by molar-refractivity contribution is 5.88. The van der Waals surface area contributed by atoms with Crippen molar-refractivity contribution >= 4 is 11.0 Å². The lowest BCUT2D eigenvalue weighted by molar-refractivity contribution is -0.242. The number of phenolic OH excluding ortho intramolecular Hbond substituents is 5. The van der Waals surface area contributed by atoms with Crippen molar-refractivity contribution < 1.29 is 54.7 Å². The van der Waals surface area contributed by atoms with E-state index in [2.05, 4.69) is 0 Å². The molecule has 0 radical (unpaired) electrons. The van der Waals surface area contributed by atoms with E-state index in [0.29, 0.717) is 0 Å². The average molecular weight is 435 g/mol. The van der Waals surface area contributed by atoms with Crippen LogP contribution >= 0.6 is 0 Å². The van der Waals surface area contributed by atoms with Crippen molar-refractivity contribution in [2.75, 3.05) is 6.61 Å². The standard InChI is InChI=1S/C20H18O11/c21-8-3-10(22)9-5-15(31-20-18(28)17(27)13(25)6-29-20)19(30-14(9)4-8)7-1-11(23)16(26)12(24)2-7/h1-5,13,17-18,20,25,27-28H,6H2,(H4-,21,22,23,24,26)/p+1/t13-,17-,18+,20?/m1/s1. The van der Waals surface area contributed by atoms with Gasteiger partial charge in [-0.25, -0.2) is 4.42 Å². The number of aliphatic hydroxyl groups excluding tert-OH is 3. The van der Waals surface area contributed by atoms with Crippen LogP contribution in [0.4, 0.5) is 0 Å². The lowest BCUT2D eigenvalue weighted by Crippen LogP contribution is -2.54. The molecule has 0 amide bonds. The van der Waals surface area contributed by atoms with Crippen LogP contribution in [0.5, 0.6) is 34.5 Å². The van der Waals surface area contributed by atoms with Crippen molar-refractivity contribution in [3.05, 3.63) is 30.3 Å². The number of ether oxygens (including phenoxy) is 2. The molecule has 1 aliphatic rings. The number of aromatic hydroxyl groups is 5. The quantitative estimate of drug-likeness (QED) is 0.214. The first kappa shape index (κ1) is 20.8. The maximum atomic E-state index is 10.2. The van der Waals surface area contributed by atoms with Gasteiger partial charge in [0.2, 0.25) is 12.0 Å². The summed E-state index contributed by atoms with van der Waals surface area (Å²) in [6, 6.07) is 5.68. The van der Waals surface area contributed by atoms with Gasteiger partial charge in [0.15, 0.2) is 17.2 Å². The molecule has 0 spiro atoms. The van der Waals surface area contributed by atoms with E-state index >= 15 is 0 Å². The minimum absolute atomic E-state index is 0.00692. The summed E-state index contributed by atoms with van der Waals surface area (Å²) in [6.07, 6.45) is -5.95. The van der Waals surface area contributed by atoms with Gasteiger partial charge in [-0.15, -0.1) is 0 Å². The maximum Gasteiger partial charge on any atom is 0.402 e. The predicted molar refractivity (Wildman–Crippen MR) is 103 cm³/mol. The Labute approximate surface area is 173 Å². The van der Waals surface area contributed by atoms with E-state index in [9.17, 15) is 40.9 Å². The number of fused-ring (bicyclic) bond motifs is 1. The van der Waals surface area contributed by atoms with Crippen molar-refractivity contribution in [1.82, 2.24) is 0 Å².